The molecule has 0 spiro atoms. The zero-order chi connectivity index (χ0) is 21.8. The summed E-state index contributed by atoms with van der Waals surface area (Å²) >= 11 is 0. The van der Waals surface area contributed by atoms with E-state index < -0.39 is 11.7 Å². The SMILES string of the molecule is Cc1nc2c(c3c1C=C(C(=O)N1CCCC1c1ccc(C(F)(F)F)cc1)C=CCN3)N2. The second-order valence-electron chi connectivity index (χ2n) is 7.99. The van der Waals surface area contributed by atoms with Gasteiger partial charge in [0.25, 0.3) is 5.91 Å². The molecule has 2 N–H and O–H groups in total. The largest absolute Gasteiger partial charge is 0.416 e. The summed E-state index contributed by atoms with van der Waals surface area (Å²) in [7, 11) is 0. The van der Waals surface area contributed by atoms with Crippen LogP contribution >= 0.6 is 0 Å². The van der Waals surface area contributed by atoms with Crippen LogP contribution in [0.3, 0.4) is 0 Å². The number of carbonyl (C=O) groups excluding carboxylic acids is 1. The number of anilines is 3. The van der Waals surface area contributed by atoms with E-state index in [0.717, 1.165) is 59.0 Å². The minimum absolute atomic E-state index is 0.122. The number of hydrogen-bond acceptors (Lipinski definition) is 4. The lowest BCUT2D eigenvalue weighted by atomic mass is 10.0. The van der Waals surface area contributed by atoms with E-state index in [0.29, 0.717) is 18.7 Å². The molecule has 160 valence electrons. The molecule has 3 aliphatic rings. The maximum absolute atomic E-state index is 13.5. The topological polar surface area (TPSA) is 67.2 Å². The Morgan fingerprint density at radius 1 is 1.19 bits per heavy atom. The van der Waals surface area contributed by atoms with E-state index in [1.165, 1.54) is 12.1 Å². The van der Waals surface area contributed by atoms with Gasteiger partial charge in [-0.15, -0.1) is 0 Å². The first-order valence-electron chi connectivity index (χ1n) is 10.2. The molecule has 1 fully saturated rings. The molecular formula is C23H21F3N4O. The number of aromatic nitrogens is 1. The molecule has 1 amide bonds. The highest BCUT2D eigenvalue weighted by molar-refractivity contribution is 6.06. The molecule has 1 aromatic heterocycles. The standard InChI is InChI=1S/C23H21F3N4O/c1-13-17-12-15(4-2-10-27-19(17)20-21(28-13)29-20)22(31)30-11-3-5-18(30)14-6-8-16(9-7-14)23(24,25)26/h2,4,6-9,12,18,27H,3,5,10-11H2,1H3,(H,28,29). The third kappa shape index (κ3) is 3.56. The van der Waals surface area contributed by atoms with Crippen molar-refractivity contribution in [3.63, 3.8) is 0 Å². The normalized spacial score (nSPS) is 19.4. The lowest BCUT2D eigenvalue weighted by Crippen LogP contribution is -2.31. The number of rotatable bonds is 2. The summed E-state index contributed by atoms with van der Waals surface area (Å²) in [4.78, 5) is 19.7. The molecule has 1 aromatic carbocycles. The van der Waals surface area contributed by atoms with Crippen molar-refractivity contribution in [2.75, 3.05) is 23.7 Å². The first-order chi connectivity index (χ1) is 14.8. The number of nitrogens with zero attached hydrogens (tertiary/aromatic N) is 2. The summed E-state index contributed by atoms with van der Waals surface area (Å²) in [5, 5.41) is 6.50. The Hall–Kier alpha value is -3.29. The molecule has 4 heterocycles. The van der Waals surface area contributed by atoms with Crippen LogP contribution in [0.25, 0.3) is 6.08 Å². The molecule has 5 nitrogen and oxygen atoms in total. The van der Waals surface area contributed by atoms with Gasteiger partial charge in [0.05, 0.1) is 17.3 Å². The van der Waals surface area contributed by atoms with Gasteiger partial charge in [-0.05, 0) is 43.5 Å². The van der Waals surface area contributed by atoms with Crippen LogP contribution in [-0.4, -0.2) is 28.9 Å². The van der Waals surface area contributed by atoms with Gasteiger partial charge in [0.15, 0.2) is 5.82 Å². The number of hydrogen-bond donors (Lipinski definition) is 2. The molecule has 1 saturated heterocycles. The minimum Gasteiger partial charge on any atom is -0.379 e. The summed E-state index contributed by atoms with van der Waals surface area (Å²) < 4.78 is 38.7. The van der Waals surface area contributed by atoms with Gasteiger partial charge in [-0.3, -0.25) is 4.79 Å². The molecule has 5 rings (SSSR count). The van der Waals surface area contributed by atoms with Crippen molar-refractivity contribution in [2.24, 2.45) is 0 Å². The second-order valence-corrected chi connectivity index (χ2v) is 7.99. The van der Waals surface area contributed by atoms with E-state index in [1.54, 1.807) is 11.0 Å². The van der Waals surface area contributed by atoms with E-state index >= 15 is 0 Å². The fraction of sp³-hybridized carbons (Fsp3) is 0.304. The van der Waals surface area contributed by atoms with Gasteiger partial charge in [0.2, 0.25) is 0 Å². The van der Waals surface area contributed by atoms with Gasteiger partial charge in [-0.1, -0.05) is 24.3 Å². The Kier molecular flexibility index (Phi) is 4.53. The number of fused-ring (bicyclic) bond motifs is 3. The maximum Gasteiger partial charge on any atom is 0.416 e. The summed E-state index contributed by atoms with van der Waals surface area (Å²) in [6, 6.07) is 4.91. The van der Waals surface area contributed by atoms with Crippen molar-refractivity contribution in [3.05, 3.63) is 64.4 Å². The number of nitrogens with one attached hydrogen (secondary N) is 2. The molecule has 2 aromatic rings. The van der Waals surface area contributed by atoms with E-state index in [4.69, 9.17) is 0 Å². The van der Waals surface area contributed by atoms with Gasteiger partial charge in [-0.25, -0.2) is 4.98 Å². The van der Waals surface area contributed by atoms with Crippen LogP contribution < -0.4 is 10.6 Å². The van der Waals surface area contributed by atoms with Gasteiger partial charge >= 0.3 is 6.18 Å². The average molecular weight is 426 g/mol. The van der Waals surface area contributed by atoms with Crippen LogP contribution in [0, 0.1) is 6.92 Å². The predicted octanol–water partition coefficient (Wildman–Crippen LogP) is 5.19. The third-order valence-corrected chi connectivity index (χ3v) is 5.98. The Morgan fingerprint density at radius 2 is 1.97 bits per heavy atom. The zero-order valence-corrected chi connectivity index (χ0v) is 16.9. The lowest BCUT2D eigenvalue weighted by molar-refractivity contribution is -0.137. The first kappa shape index (κ1) is 19.7. The van der Waals surface area contributed by atoms with Crippen molar-refractivity contribution < 1.29 is 18.0 Å². The Balaban J connectivity index is 1.45. The molecule has 0 radical (unpaired) electrons. The van der Waals surface area contributed by atoms with Crippen molar-refractivity contribution >= 4 is 29.2 Å². The fourth-order valence-corrected chi connectivity index (χ4v) is 4.36. The summed E-state index contributed by atoms with van der Waals surface area (Å²) in [5.74, 6) is 0.736. The number of carbonyl (C=O) groups is 1. The van der Waals surface area contributed by atoms with E-state index in [9.17, 15) is 18.0 Å². The Labute approximate surface area is 177 Å². The third-order valence-electron chi connectivity index (χ3n) is 5.98. The minimum atomic E-state index is -4.37. The van der Waals surface area contributed by atoms with Gasteiger partial charge in [0.1, 0.15) is 5.69 Å². The van der Waals surface area contributed by atoms with Crippen LogP contribution in [0.2, 0.25) is 0 Å². The number of amides is 1. The zero-order valence-electron chi connectivity index (χ0n) is 16.9. The predicted molar refractivity (Wildman–Crippen MR) is 113 cm³/mol. The van der Waals surface area contributed by atoms with Crippen LogP contribution in [0.4, 0.5) is 30.4 Å². The van der Waals surface area contributed by atoms with E-state index in [2.05, 4.69) is 15.6 Å². The highest BCUT2D eigenvalue weighted by atomic mass is 19.4. The van der Waals surface area contributed by atoms with Crippen molar-refractivity contribution in [1.82, 2.24) is 9.88 Å². The second kappa shape index (κ2) is 7.14. The van der Waals surface area contributed by atoms with Crippen LogP contribution in [0.5, 0.6) is 0 Å². The monoisotopic (exact) mass is 426 g/mol. The molecule has 0 bridgehead atoms. The van der Waals surface area contributed by atoms with Gasteiger partial charge < -0.3 is 15.5 Å². The van der Waals surface area contributed by atoms with Crippen molar-refractivity contribution in [2.45, 2.75) is 32.0 Å². The summed E-state index contributed by atoms with van der Waals surface area (Å²) in [6.07, 6.45) is 2.72. The lowest BCUT2D eigenvalue weighted by Gasteiger charge is -2.26. The smallest absolute Gasteiger partial charge is 0.379 e. The number of halogens is 3. The summed E-state index contributed by atoms with van der Waals surface area (Å²) in [6.45, 7) is 3.06. The summed E-state index contributed by atoms with van der Waals surface area (Å²) in [5.41, 5.74) is 4.20. The highest BCUT2D eigenvalue weighted by Crippen LogP contribution is 2.47. The molecule has 0 saturated carbocycles. The number of alkyl halides is 3. The van der Waals surface area contributed by atoms with E-state index in [1.807, 2.05) is 19.1 Å². The highest BCUT2D eigenvalue weighted by Gasteiger charge is 2.34. The molecule has 1 unspecified atom stereocenters. The molecule has 1 atom stereocenters. The number of likely N-dealkylation sites (tertiary alicyclic amines) is 1. The maximum atomic E-state index is 13.5. The molecular weight excluding hydrogens is 405 g/mol. The fourth-order valence-electron chi connectivity index (χ4n) is 4.36. The van der Waals surface area contributed by atoms with Gasteiger partial charge in [0, 0.05) is 29.9 Å². The van der Waals surface area contributed by atoms with Crippen LogP contribution in [0.15, 0.2) is 42.0 Å². The quantitative estimate of drug-likeness (QED) is 0.553. The molecule has 31 heavy (non-hydrogen) atoms. The number of aryl methyl sites for hydroxylation is 1. The van der Waals surface area contributed by atoms with Crippen molar-refractivity contribution in [1.29, 1.82) is 0 Å². The Morgan fingerprint density at radius 3 is 2.71 bits per heavy atom. The Bertz CT molecular complexity index is 1120. The first-order valence-corrected chi connectivity index (χ1v) is 10.2. The van der Waals surface area contributed by atoms with E-state index in [-0.39, 0.29) is 11.9 Å². The molecule has 8 heteroatoms. The average Bonchev–Trinajstić information content (AvgIpc) is 3.30. The number of pyridine rings is 1. The van der Waals surface area contributed by atoms with Crippen LogP contribution in [-0.2, 0) is 11.0 Å². The molecule has 0 aliphatic carbocycles. The number of benzene rings is 1. The van der Waals surface area contributed by atoms with Crippen LogP contribution in [0.1, 0.15) is 41.3 Å². The molecule has 3 aliphatic heterocycles. The van der Waals surface area contributed by atoms with Gasteiger partial charge in [-0.2, -0.15) is 13.2 Å². The van der Waals surface area contributed by atoms with Crippen molar-refractivity contribution in [3.8, 4) is 0 Å².